The molecule has 5 heteroatoms. The van der Waals surface area contributed by atoms with Crippen molar-refractivity contribution in [3.63, 3.8) is 0 Å². The Bertz CT molecular complexity index is 417. The van der Waals surface area contributed by atoms with Crippen molar-refractivity contribution in [2.45, 2.75) is 20.0 Å². The van der Waals surface area contributed by atoms with Gasteiger partial charge in [0.05, 0.1) is 24.0 Å². The molecule has 0 fully saturated rings. The molecule has 1 aromatic rings. The number of hydrogen-bond acceptors (Lipinski definition) is 4. The van der Waals surface area contributed by atoms with Crippen LogP contribution in [0.4, 0.5) is 5.69 Å². The summed E-state index contributed by atoms with van der Waals surface area (Å²) in [6.07, 6.45) is -0.906. The Labute approximate surface area is 99.7 Å². The highest BCUT2D eigenvalue weighted by molar-refractivity contribution is 5.95. The molecule has 1 rings (SSSR count). The Hall–Kier alpha value is -1.59. The highest BCUT2D eigenvalue weighted by atomic mass is 16.4. The molecule has 17 heavy (non-hydrogen) atoms. The summed E-state index contributed by atoms with van der Waals surface area (Å²) in [6.45, 7) is 3.45. The third kappa shape index (κ3) is 3.18. The number of hydrogen-bond donors (Lipinski definition) is 4. The van der Waals surface area contributed by atoms with Gasteiger partial charge in [0.2, 0.25) is 0 Å². The molecule has 94 valence electrons. The van der Waals surface area contributed by atoms with E-state index in [0.29, 0.717) is 5.69 Å². The Morgan fingerprint density at radius 2 is 2.06 bits per heavy atom. The molecule has 1 unspecified atom stereocenters. The van der Waals surface area contributed by atoms with Gasteiger partial charge in [-0.2, -0.15) is 0 Å². The molecular formula is C12H17NO4. The molecule has 0 aliphatic rings. The van der Waals surface area contributed by atoms with E-state index in [2.05, 4.69) is 5.32 Å². The van der Waals surface area contributed by atoms with Crippen molar-refractivity contribution < 1.29 is 20.1 Å². The molecule has 0 saturated carbocycles. The average molecular weight is 239 g/mol. The monoisotopic (exact) mass is 239 g/mol. The molecule has 0 radical (unpaired) electrons. The quantitative estimate of drug-likeness (QED) is 0.609. The van der Waals surface area contributed by atoms with E-state index in [0.717, 1.165) is 11.1 Å². The van der Waals surface area contributed by atoms with E-state index in [1.54, 1.807) is 6.07 Å². The van der Waals surface area contributed by atoms with Crippen molar-refractivity contribution in [2.75, 3.05) is 18.5 Å². The van der Waals surface area contributed by atoms with Gasteiger partial charge in [-0.15, -0.1) is 0 Å². The number of nitrogens with one attached hydrogen (secondary N) is 1. The Kier molecular flexibility index (Phi) is 4.48. The van der Waals surface area contributed by atoms with Gasteiger partial charge in [-0.1, -0.05) is 6.07 Å². The minimum atomic E-state index is -1.02. The normalized spacial score (nSPS) is 12.2. The topological polar surface area (TPSA) is 89.8 Å². The van der Waals surface area contributed by atoms with Gasteiger partial charge in [0.25, 0.3) is 0 Å². The number of carboxylic acids is 1. The number of benzene rings is 1. The van der Waals surface area contributed by atoms with E-state index < -0.39 is 12.1 Å². The SMILES string of the molecule is Cc1ccc(C(=O)O)c(NCC(O)CO)c1C. The minimum Gasteiger partial charge on any atom is -0.478 e. The number of aliphatic hydroxyl groups is 2. The maximum absolute atomic E-state index is 11.0. The van der Waals surface area contributed by atoms with Gasteiger partial charge in [0.15, 0.2) is 0 Å². The van der Waals surface area contributed by atoms with Gasteiger partial charge in [-0.3, -0.25) is 0 Å². The Morgan fingerprint density at radius 1 is 1.41 bits per heavy atom. The molecule has 1 aromatic carbocycles. The number of rotatable bonds is 5. The van der Waals surface area contributed by atoms with Crippen LogP contribution in [0, 0.1) is 13.8 Å². The van der Waals surface area contributed by atoms with Crippen LogP contribution < -0.4 is 5.32 Å². The lowest BCUT2D eigenvalue weighted by molar-refractivity contribution is 0.0697. The van der Waals surface area contributed by atoms with Crippen LogP contribution >= 0.6 is 0 Å². The Balaban J connectivity index is 3.02. The van der Waals surface area contributed by atoms with Crippen LogP contribution in [0.5, 0.6) is 0 Å². The zero-order chi connectivity index (χ0) is 13.0. The van der Waals surface area contributed by atoms with E-state index in [1.165, 1.54) is 6.07 Å². The van der Waals surface area contributed by atoms with E-state index in [4.69, 9.17) is 10.2 Å². The molecule has 0 aliphatic carbocycles. The summed E-state index contributed by atoms with van der Waals surface area (Å²) in [7, 11) is 0. The number of carboxylic acid groups (broad SMARTS) is 1. The summed E-state index contributed by atoms with van der Waals surface area (Å²) in [6, 6.07) is 3.27. The molecule has 0 aliphatic heterocycles. The van der Waals surface area contributed by atoms with Gasteiger partial charge in [-0.25, -0.2) is 4.79 Å². The summed E-state index contributed by atoms with van der Waals surface area (Å²) < 4.78 is 0. The second kappa shape index (κ2) is 5.65. The molecule has 0 aromatic heterocycles. The van der Waals surface area contributed by atoms with Crippen molar-refractivity contribution in [1.82, 2.24) is 0 Å². The summed E-state index contributed by atoms with van der Waals surface area (Å²) in [4.78, 5) is 11.0. The fraction of sp³-hybridized carbons (Fsp3) is 0.417. The summed E-state index contributed by atoms with van der Waals surface area (Å²) in [5, 5.41) is 29.9. The van der Waals surface area contributed by atoms with Crippen molar-refractivity contribution in [2.24, 2.45) is 0 Å². The highest BCUT2D eigenvalue weighted by Gasteiger charge is 2.14. The van der Waals surface area contributed by atoms with Crippen molar-refractivity contribution in [3.8, 4) is 0 Å². The van der Waals surface area contributed by atoms with Crippen molar-refractivity contribution >= 4 is 11.7 Å². The molecule has 1 atom stereocenters. The van der Waals surface area contributed by atoms with Crippen molar-refractivity contribution in [1.29, 1.82) is 0 Å². The Morgan fingerprint density at radius 3 is 2.59 bits per heavy atom. The van der Waals surface area contributed by atoms with Crippen LogP contribution in [-0.4, -0.2) is 40.5 Å². The molecule has 0 heterocycles. The summed E-state index contributed by atoms with van der Waals surface area (Å²) in [5.74, 6) is -1.02. The molecule has 0 spiro atoms. The fourth-order valence-corrected chi connectivity index (χ4v) is 1.51. The smallest absolute Gasteiger partial charge is 0.337 e. The molecule has 4 N–H and O–H groups in total. The predicted molar refractivity (Wildman–Crippen MR) is 64.5 cm³/mol. The zero-order valence-corrected chi connectivity index (χ0v) is 9.90. The maximum atomic E-state index is 11.0. The number of aromatic carboxylic acids is 1. The van der Waals surface area contributed by atoms with Crippen LogP contribution in [-0.2, 0) is 0 Å². The zero-order valence-electron chi connectivity index (χ0n) is 9.90. The van der Waals surface area contributed by atoms with E-state index in [1.807, 2.05) is 13.8 Å². The lowest BCUT2D eigenvalue weighted by atomic mass is 10.0. The first-order chi connectivity index (χ1) is 7.97. The first-order valence-electron chi connectivity index (χ1n) is 5.33. The van der Waals surface area contributed by atoms with Gasteiger partial charge in [-0.05, 0) is 31.0 Å². The first-order valence-corrected chi connectivity index (χ1v) is 5.33. The lowest BCUT2D eigenvalue weighted by Crippen LogP contribution is -2.24. The second-order valence-corrected chi connectivity index (χ2v) is 3.95. The van der Waals surface area contributed by atoms with Crippen LogP contribution in [0.3, 0.4) is 0 Å². The molecule has 0 saturated heterocycles. The van der Waals surface area contributed by atoms with E-state index in [-0.39, 0.29) is 18.7 Å². The van der Waals surface area contributed by atoms with Crippen LogP contribution in [0.2, 0.25) is 0 Å². The predicted octanol–water partition coefficient (Wildman–Crippen LogP) is 0.767. The minimum absolute atomic E-state index is 0.112. The van der Waals surface area contributed by atoms with E-state index >= 15 is 0 Å². The number of aryl methyl sites for hydroxylation is 1. The summed E-state index contributed by atoms with van der Waals surface area (Å²) in [5.41, 5.74) is 2.45. The number of anilines is 1. The highest BCUT2D eigenvalue weighted by Crippen LogP contribution is 2.23. The largest absolute Gasteiger partial charge is 0.478 e. The van der Waals surface area contributed by atoms with Crippen LogP contribution in [0.15, 0.2) is 12.1 Å². The standard InChI is InChI=1S/C12H17NO4/c1-7-3-4-10(12(16)17)11(8(7)2)13-5-9(15)6-14/h3-4,9,13-15H,5-6H2,1-2H3,(H,16,17). The molecule has 5 nitrogen and oxygen atoms in total. The number of carbonyl (C=O) groups is 1. The van der Waals surface area contributed by atoms with E-state index in [9.17, 15) is 9.90 Å². The first kappa shape index (κ1) is 13.5. The van der Waals surface area contributed by atoms with Gasteiger partial charge >= 0.3 is 5.97 Å². The third-order valence-corrected chi connectivity index (χ3v) is 2.69. The van der Waals surface area contributed by atoms with Crippen LogP contribution in [0.1, 0.15) is 21.5 Å². The van der Waals surface area contributed by atoms with Gasteiger partial charge in [0, 0.05) is 6.54 Å². The lowest BCUT2D eigenvalue weighted by Gasteiger charge is -2.16. The van der Waals surface area contributed by atoms with Crippen LogP contribution in [0.25, 0.3) is 0 Å². The molecular weight excluding hydrogens is 222 g/mol. The molecule has 0 bridgehead atoms. The average Bonchev–Trinajstić information content (AvgIpc) is 2.30. The van der Waals surface area contributed by atoms with Crippen molar-refractivity contribution in [3.05, 3.63) is 28.8 Å². The second-order valence-electron chi connectivity index (χ2n) is 3.95. The maximum Gasteiger partial charge on any atom is 0.337 e. The van der Waals surface area contributed by atoms with Gasteiger partial charge < -0.3 is 20.6 Å². The third-order valence-electron chi connectivity index (χ3n) is 2.69. The fourth-order valence-electron chi connectivity index (χ4n) is 1.51. The van der Waals surface area contributed by atoms with Gasteiger partial charge in [0.1, 0.15) is 0 Å². The summed E-state index contributed by atoms with van der Waals surface area (Å²) >= 11 is 0. The molecule has 0 amide bonds. The number of aliphatic hydroxyl groups excluding tert-OH is 2.